The molecule has 0 bridgehead atoms. The summed E-state index contributed by atoms with van der Waals surface area (Å²) in [4.78, 5) is 21.5. The Labute approximate surface area is 208 Å². The van der Waals surface area contributed by atoms with Gasteiger partial charge in [0.25, 0.3) is 0 Å². The summed E-state index contributed by atoms with van der Waals surface area (Å²) >= 11 is 0. The number of aliphatic hydroxyl groups excluding tert-OH is 1. The second-order valence-electron chi connectivity index (χ2n) is 10.0. The highest BCUT2D eigenvalue weighted by Gasteiger charge is 2.24. The van der Waals surface area contributed by atoms with Crippen LogP contribution in [0.15, 0.2) is 24.3 Å². The molecule has 200 valence electrons. The van der Waals surface area contributed by atoms with Crippen molar-refractivity contribution >= 4 is 13.6 Å². The number of carbonyl (C=O) groups excluding carboxylic acids is 1. The third kappa shape index (κ3) is 24.3. The number of ketones is 1. The van der Waals surface area contributed by atoms with Crippen molar-refractivity contribution in [2.24, 2.45) is 0 Å². The van der Waals surface area contributed by atoms with Crippen molar-refractivity contribution in [3.05, 3.63) is 24.3 Å². The van der Waals surface area contributed by atoms with Gasteiger partial charge in [-0.15, -0.1) is 0 Å². The number of unbranched alkanes of at least 4 members (excludes halogenated alkanes) is 11. The molecule has 0 radical (unpaired) electrons. The van der Waals surface area contributed by atoms with Crippen LogP contribution in [0.1, 0.15) is 90.4 Å². The van der Waals surface area contributed by atoms with Gasteiger partial charge in [-0.05, 0) is 18.9 Å². The molecular weight excluding hydrogens is 453 g/mol. The topological polar surface area (TPSA) is 93.1 Å². The number of rotatable bonds is 23. The van der Waals surface area contributed by atoms with Crippen LogP contribution in [0.25, 0.3) is 0 Å². The summed E-state index contributed by atoms with van der Waals surface area (Å²) in [7, 11) is 1.56. The lowest BCUT2D eigenvalue weighted by Gasteiger charge is -2.24. The molecule has 0 spiro atoms. The third-order valence-corrected chi connectivity index (χ3v) is 6.37. The minimum atomic E-state index is -4.24. The molecule has 2 N–H and O–H groups in total. The summed E-state index contributed by atoms with van der Waals surface area (Å²) in [5, 5.41) is 9.87. The number of quaternary nitrogens is 1. The number of allylic oxidation sites excluding steroid dienone is 4. The average molecular weight is 505 g/mol. The first kappa shape index (κ1) is 33.2. The number of aliphatic hydroxyl groups is 1. The lowest BCUT2D eigenvalue weighted by molar-refractivity contribution is -0.870. The molecule has 0 heterocycles. The van der Waals surface area contributed by atoms with Crippen LogP contribution in [0.4, 0.5) is 0 Å². The van der Waals surface area contributed by atoms with Crippen LogP contribution in [0.2, 0.25) is 0 Å². The fourth-order valence-corrected chi connectivity index (χ4v) is 4.02. The Morgan fingerprint density at radius 3 is 2.03 bits per heavy atom. The molecular formula is C26H51NO6P+. The number of nitrogens with zero attached hydrogens (tertiary/aromatic N) is 1. The van der Waals surface area contributed by atoms with Gasteiger partial charge >= 0.3 is 7.82 Å². The van der Waals surface area contributed by atoms with Gasteiger partial charge < -0.3 is 14.5 Å². The molecule has 2 unspecified atom stereocenters. The first-order valence-electron chi connectivity index (χ1n) is 13.0. The van der Waals surface area contributed by atoms with E-state index in [0.717, 1.165) is 12.8 Å². The lowest BCUT2D eigenvalue weighted by atomic mass is 10.1. The van der Waals surface area contributed by atoms with Gasteiger partial charge in [-0.2, -0.15) is 0 Å². The zero-order valence-electron chi connectivity index (χ0n) is 22.1. The molecule has 0 fully saturated rings. The van der Waals surface area contributed by atoms with E-state index in [0.29, 0.717) is 11.0 Å². The van der Waals surface area contributed by atoms with Gasteiger partial charge in [-0.3, -0.25) is 13.8 Å². The zero-order valence-corrected chi connectivity index (χ0v) is 23.0. The predicted molar refractivity (Wildman–Crippen MR) is 140 cm³/mol. The Balaban J connectivity index is 3.76. The van der Waals surface area contributed by atoms with Gasteiger partial charge in [0.15, 0.2) is 5.78 Å². The maximum atomic E-state index is 11.9. The molecule has 0 amide bonds. The van der Waals surface area contributed by atoms with Crippen molar-refractivity contribution in [3.63, 3.8) is 0 Å². The quantitative estimate of drug-likeness (QED) is 0.0586. The van der Waals surface area contributed by atoms with Gasteiger partial charge in [0, 0.05) is 6.42 Å². The summed E-state index contributed by atoms with van der Waals surface area (Å²) in [6.07, 6.45) is 21.2. The van der Waals surface area contributed by atoms with Crippen LogP contribution in [0.5, 0.6) is 0 Å². The third-order valence-electron chi connectivity index (χ3n) is 5.39. The van der Waals surface area contributed by atoms with Crippen molar-refractivity contribution in [1.29, 1.82) is 0 Å². The predicted octanol–water partition coefficient (Wildman–Crippen LogP) is 5.96. The monoisotopic (exact) mass is 504 g/mol. The Morgan fingerprint density at radius 2 is 1.47 bits per heavy atom. The van der Waals surface area contributed by atoms with Crippen LogP contribution in [0.3, 0.4) is 0 Å². The molecule has 0 rings (SSSR count). The van der Waals surface area contributed by atoms with Crippen LogP contribution in [-0.4, -0.2) is 67.3 Å². The normalized spacial score (nSPS) is 15.2. The Bertz CT molecular complexity index is 615. The van der Waals surface area contributed by atoms with E-state index in [9.17, 15) is 19.4 Å². The van der Waals surface area contributed by atoms with Crippen molar-refractivity contribution in [2.45, 2.75) is 96.5 Å². The number of phosphoric ester groups is 1. The first-order valence-corrected chi connectivity index (χ1v) is 14.5. The van der Waals surface area contributed by atoms with E-state index in [1.807, 2.05) is 33.3 Å². The number of likely N-dealkylation sites (N-methyl/N-ethyl adjacent to an activating group) is 1. The number of carbonyl (C=O) groups is 1. The SMILES string of the molecule is CCCCCCCCCCCCC/C=C/C=C/C(=O)CC(O)COP(=O)(O)OCC[N+](C)(C)C. The van der Waals surface area contributed by atoms with E-state index in [1.165, 1.54) is 70.3 Å². The highest BCUT2D eigenvalue weighted by molar-refractivity contribution is 7.47. The highest BCUT2D eigenvalue weighted by Crippen LogP contribution is 2.43. The second-order valence-corrected chi connectivity index (χ2v) is 11.5. The largest absolute Gasteiger partial charge is 0.472 e. The average Bonchev–Trinajstić information content (AvgIpc) is 2.74. The van der Waals surface area contributed by atoms with E-state index < -0.39 is 20.5 Å². The van der Waals surface area contributed by atoms with Crippen LogP contribution < -0.4 is 0 Å². The Hall–Kier alpha value is -0.820. The molecule has 0 aliphatic heterocycles. The summed E-state index contributed by atoms with van der Waals surface area (Å²) in [5.74, 6) is -0.269. The van der Waals surface area contributed by atoms with Crippen LogP contribution in [0, 0.1) is 0 Å². The minimum absolute atomic E-state index is 0.0561. The van der Waals surface area contributed by atoms with E-state index in [4.69, 9.17) is 9.05 Å². The van der Waals surface area contributed by atoms with Crippen molar-refractivity contribution in [1.82, 2.24) is 0 Å². The molecule has 0 saturated heterocycles. The maximum Gasteiger partial charge on any atom is 0.472 e. The number of hydrogen-bond acceptors (Lipinski definition) is 5. The van der Waals surface area contributed by atoms with E-state index in [-0.39, 0.29) is 18.8 Å². The Kier molecular flexibility index (Phi) is 19.9. The molecule has 34 heavy (non-hydrogen) atoms. The smallest absolute Gasteiger partial charge is 0.390 e. The molecule has 7 nitrogen and oxygen atoms in total. The van der Waals surface area contributed by atoms with E-state index >= 15 is 0 Å². The van der Waals surface area contributed by atoms with E-state index in [1.54, 1.807) is 6.08 Å². The van der Waals surface area contributed by atoms with Gasteiger partial charge in [-0.1, -0.05) is 89.4 Å². The Morgan fingerprint density at radius 1 is 0.912 bits per heavy atom. The molecule has 0 aliphatic rings. The van der Waals surface area contributed by atoms with Crippen molar-refractivity contribution in [2.75, 3.05) is 40.9 Å². The summed E-state index contributed by atoms with van der Waals surface area (Å²) in [6.45, 7) is 2.40. The summed E-state index contributed by atoms with van der Waals surface area (Å²) < 4.78 is 22.0. The van der Waals surface area contributed by atoms with Crippen molar-refractivity contribution < 1.29 is 32.9 Å². The zero-order chi connectivity index (χ0) is 25.7. The first-order chi connectivity index (χ1) is 16.1. The molecule has 0 aromatic rings. The maximum absolute atomic E-state index is 11.9. The molecule has 0 aromatic heterocycles. The summed E-state index contributed by atoms with van der Waals surface area (Å²) in [6, 6.07) is 0. The molecule has 0 saturated carbocycles. The van der Waals surface area contributed by atoms with Gasteiger partial charge in [0.05, 0.1) is 33.9 Å². The standard InChI is InChI=1S/C26H50NO6P/c1-5-6-7-8-9-10-11-12-13-14-15-16-17-18-19-20-25(28)23-26(29)24-33-34(30,31)32-22-21-27(2,3)4/h17-20,26,29H,5-16,21-24H2,1-4H3/p+1/b18-17+,20-19+. The van der Waals surface area contributed by atoms with E-state index in [2.05, 4.69) is 6.92 Å². The lowest BCUT2D eigenvalue weighted by Crippen LogP contribution is -2.37. The number of hydrogen-bond donors (Lipinski definition) is 2. The highest BCUT2D eigenvalue weighted by atomic mass is 31.2. The fraction of sp³-hybridized carbons (Fsp3) is 0.808. The molecule has 0 aromatic carbocycles. The molecule has 0 aliphatic carbocycles. The summed E-state index contributed by atoms with van der Waals surface area (Å²) in [5.41, 5.74) is 0. The van der Waals surface area contributed by atoms with Crippen molar-refractivity contribution in [3.8, 4) is 0 Å². The van der Waals surface area contributed by atoms with Crippen LogP contribution >= 0.6 is 7.82 Å². The minimum Gasteiger partial charge on any atom is -0.390 e. The van der Waals surface area contributed by atoms with Gasteiger partial charge in [0.2, 0.25) is 0 Å². The molecule has 2 atom stereocenters. The van der Waals surface area contributed by atoms with Gasteiger partial charge in [-0.25, -0.2) is 4.57 Å². The fourth-order valence-electron chi connectivity index (χ4n) is 3.27. The number of phosphoric acid groups is 1. The van der Waals surface area contributed by atoms with Crippen LogP contribution in [-0.2, 0) is 18.4 Å². The van der Waals surface area contributed by atoms with Gasteiger partial charge in [0.1, 0.15) is 13.2 Å². The molecule has 8 heteroatoms. The second kappa shape index (κ2) is 20.4.